The van der Waals surface area contributed by atoms with Crippen molar-refractivity contribution in [1.29, 1.82) is 0 Å². The van der Waals surface area contributed by atoms with Crippen LogP contribution >= 0.6 is 11.6 Å². The van der Waals surface area contributed by atoms with Gasteiger partial charge in [0.05, 0.1) is 34.4 Å². The van der Waals surface area contributed by atoms with Gasteiger partial charge in [-0.05, 0) is 36.4 Å². The molecule has 0 bridgehead atoms. The first kappa shape index (κ1) is 26.2. The van der Waals surface area contributed by atoms with Crippen molar-refractivity contribution in [3.63, 3.8) is 0 Å². The van der Waals surface area contributed by atoms with Crippen LogP contribution in [0.1, 0.15) is 11.1 Å². The van der Waals surface area contributed by atoms with E-state index in [9.17, 15) is 13.5 Å². The first-order chi connectivity index (χ1) is 18.3. The second kappa shape index (κ2) is 11.2. The summed E-state index contributed by atoms with van der Waals surface area (Å²) in [6, 6.07) is 22.1. The summed E-state index contributed by atoms with van der Waals surface area (Å²) in [4.78, 5) is 10.2. The molecule has 0 atom stereocenters. The molecule has 1 saturated heterocycles. The van der Waals surface area contributed by atoms with E-state index >= 15 is 0 Å². The maximum atomic E-state index is 12.6. The summed E-state index contributed by atoms with van der Waals surface area (Å²) in [6.07, 6.45) is 1.23. The summed E-state index contributed by atoms with van der Waals surface area (Å²) >= 11 is 6.16. The number of sulfonamides is 1. The van der Waals surface area contributed by atoms with E-state index in [-0.39, 0.29) is 5.88 Å². The molecular formula is C28H30ClN5O3S. The van der Waals surface area contributed by atoms with Gasteiger partial charge in [0.1, 0.15) is 0 Å². The molecule has 0 saturated carbocycles. The number of anilines is 1. The summed E-state index contributed by atoms with van der Waals surface area (Å²) in [7, 11) is -3.46. The van der Waals surface area contributed by atoms with Gasteiger partial charge in [-0.25, -0.2) is 13.4 Å². The van der Waals surface area contributed by atoms with Crippen LogP contribution in [0.25, 0.3) is 10.9 Å². The third-order valence-electron chi connectivity index (χ3n) is 6.63. The monoisotopic (exact) mass is 551 g/mol. The Morgan fingerprint density at radius 3 is 2.45 bits per heavy atom. The summed E-state index contributed by atoms with van der Waals surface area (Å²) in [5.74, 6) is -0.00217. The number of aromatic hydroxyl groups is 1. The number of aromatic nitrogens is 1. The van der Waals surface area contributed by atoms with Crippen LogP contribution in [0.15, 0.2) is 77.8 Å². The van der Waals surface area contributed by atoms with Crippen LogP contribution in [-0.4, -0.2) is 74.6 Å². The van der Waals surface area contributed by atoms with Gasteiger partial charge in [0.15, 0.2) is 5.88 Å². The molecule has 5 rings (SSSR count). The molecule has 1 aromatic heterocycles. The fourth-order valence-electron chi connectivity index (χ4n) is 4.73. The van der Waals surface area contributed by atoms with Crippen molar-refractivity contribution in [2.24, 2.45) is 4.99 Å². The first-order valence-electron chi connectivity index (χ1n) is 12.4. The normalized spacial score (nSPS) is 15.2. The smallest absolute Gasteiger partial charge is 0.232 e. The van der Waals surface area contributed by atoms with E-state index < -0.39 is 10.0 Å². The van der Waals surface area contributed by atoms with Gasteiger partial charge in [-0.3, -0.25) is 9.21 Å². The van der Waals surface area contributed by atoms with Gasteiger partial charge in [-0.15, -0.1) is 0 Å². The first-order valence-corrected chi connectivity index (χ1v) is 14.7. The summed E-state index contributed by atoms with van der Waals surface area (Å²) in [5, 5.41) is 15.5. The molecule has 0 radical (unpaired) electrons. The largest absolute Gasteiger partial charge is 0.494 e. The topological polar surface area (TPSA) is 101 Å². The molecule has 198 valence electrons. The Morgan fingerprint density at radius 1 is 1.05 bits per heavy atom. The summed E-state index contributed by atoms with van der Waals surface area (Å²) in [5.41, 5.74) is 3.91. The SMILES string of the molecule is CS(=O)(=O)N(CCN1CCNCC1)c1ccc(N=C(c2ccccc2)c2c(O)[nH]c3cc(Cl)ccc23)cc1. The average Bonchev–Trinajstić information content (AvgIpc) is 3.23. The van der Waals surface area contributed by atoms with Gasteiger partial charge in [0.25, 0.3) is 0 Å². The van der Waals surface area contributed by atoms with Crippen molar-refractivity contribution in [3.05, 3.63) is 88.9 Å². The lowest BCUT2D eigenvalue weighted by atomic mass is 10.0. The van der Waals surface area contributed by atoms with Crippen LogP contribution in [0.5, 0.6) is 5.88 Å². The van der Waals surface area contributed by atoms with E-state index in [1.165, 1.54) is 10.6 Å². The number of hydrogen-bond donors (Lipinski definition) is 3. The van der Waals surface area contributed by atoms with Crippen molar-refractivity contribution >= 4 is 49.6 Å². The van der Waals surface area contributed by atoms with Gasteiger partial charge in [0, 0.05) is 55.2 Å². The van der Waals surface area contributed by atoms with Crippen molar-refractivity contribution in [2.75, 3.05) is 49.8 Å². The molecule has 3 aromatic carbocycles. The highest BCUT2D eigenvalue weighted by Crippen LogP contribution is 2.33. The Hall–Kier alpha value is -3.37. The zero-order valence-corrected chi connectivity index (χ0v) is 22.6. The Bertz CT molecular complexity index is 1550. The number of benzene rings is 3. The van der Waals surface area contributed by atoms with E-state index in [1.54, 1.807) is 36.4 Å². The molecule has 0 amide bonds. The minimum absolute atomic E-state index is 0.00217. The molecule has 10 heteroatoms. The van der Waals surface area contributed by atoms with Gasteiger partial charge in [-0.1, -0.05) is 48.0 Å². The second-order valence-electron chi connectivity index (χ2n) is 9.31. The van der Waals surface area contributed by atoms with E-state index in [4.69, 9.17) is 16.6 Å². The molecular weight excluding hydrogens is 522 g/mol. The molecule has 2 heterocycles. The minimum Gasteiger partial charge on any atom is -0.494 e. The molecule has 1 aliphatic rings. The lowest BCUT2D eigenvalue weighted by molar-refractivity contribution is 0.248. The average molecular weight is 552 g/mol. The molecule has 38 heavy (non-hydrogen) atoms. The number of hydrogen-bond acceptors (Lipinski definition) is 6. The molecule has 1 aliphatic heterocycles. The number of nitrogens with zero attached hydrogens (tertiary/aromatic N) is 3. The fourth-order valence-corrected chi connectivity index (χ4v) is 5.82. The second-order valence-corrected chi connectivity index (χ2v) is 11.7. The lowest BCUT2D eigenvalue weighted by Gasteiger charge is -2.30. The van der Waals surface area contributed by atoms with Crippen molar-refractivity contribution < 1.29 is 13.5 Å². The molecule has 0 unspecified atom stereocenters. The van der Waals surface area contributed by atoms with Crippen LogP contribution in [0.4, 0.5) is 11.4 Å². The molecule has 3 N–H and O–H groups in total. The highest BCUT2D eigenvalue weighted by Gasteiger charge is 2.21. The van der Waals surface area contributed by atoms with Gasteiger partial charge >= 0.3 is 0 Å². The minimum atomic E-state index is -3.46. The van der Waals surface area contributed by atoms with E-state index in [0.29, 0.717) is 46.3 Å². The third kappa shape index (κ3) is 5.86. The molecule has 1 fully saturated rings. The molecule has 8 nitrogen and oxygen atoms in total. The Kier molecular flexibility index (Phi) is 7.71. The molecule has 4 aromatic rings. The zero-order valence-electron chi connectivity index (χ0n) is 21.1. The molecule has 0 spiro atoms. The summed E-state index contributed by atoms with van der Waals surface area (Å²) < 4.78 is 26.7. The number of piperazine rings is 1. The predicted molar refractivity (Wildman–Crippen MR) is 155 cm³/mol. The van der Waals surface area contributed by atoms with Crippen molar-refractivity contribution in [3.8, 4) is 5.88 Å². The predicted octanol–water partition coefficient (Wildman–Crippen LogP) is 4.37. The summed E-state index contributed by atoms with van der Waals surface area (Å²) in [6.45, 7) is 4.67. The Morgan fingerprint density at radius 2 is 1.76 bits per heavy atom. The van der Waals surface area contributed by atoms with Crippen LogP contribution in [0, 0.1) is 0 Å². The van der Waals surface area contributed by atoms with Crippen LogP contribution in [0.3, 0.4) is 0 Å². The lowest BCUT2D eigenvalue weighted by Crippen LogP contribution is -2.47. The number of aromatic amines is 1. The highest BCUT2D eigenvalue weighted by atomic mass is 35.5. The molecule has 0 aliphatic carbocycles. The number of aliphatic imine (C=N–C) groups is 1. The van der Waals surface area contributed by atoms with Crippen LogP contribution < -0.4 is 9.62 Å². The fraction of sp³-hybridized carbons (Fsp3) is 0.250. The maximum absolute atomic E-state index is 12.6. The number of halogens is 1. The van der Waals surface area contributed by atoms with Crippen LogP contribution in [0.2, 0.25) is 5.02 Å². The van der Waals surface area contributed by atoms with Gasteiger partial charge in [0.2, 0.25) is 10.0 Å². The maximum Gasteiger partial charge on any atom is 0.232 e. The Balaban J connectivity index is 1.49. The Labute approximate surface area is 227 Å². The van der Waals surface area contributed by atoms with Crippen molar-refractivity contribution in [2.45, 2.75) is 0 Å². The quantitative estimate of drug-likeness (QED) is 0.282. The zero-order chi connectivity index (χ0) is 26.7. The number of fused-ring (bicyclic) bond motifs is 1. The van der Waals surface area contributed by atoms with E-state index in [1.807, 2.05) is 36.4 Å². The number of H-pyrrole nitrogens is 1. The standard InChI is InChI=1S/C28H30ClN5O3S/c1-38(36,37)34(18-17-33-15-13-30-14-16-33)23-10-8-22(9-11-23)31-27(20-5-3-2-4-6-20)26-24-12-7-21(29)19-25(24)32-28(26)35/h2-12,19,30,32,35H,13-18H2,1H3. The van der Waals surface area contributed by atoms with Crippen LogP contribution in [-0.2, 0) is 10.0 Å². The van der Waals surface area contributed by atoms with Crippen molar-refractivity contribution in [1.82, 2.24) is 15.2 Å². The van der Waals surface area contributed by atoms with E-state index in [2.05, 4.69) is 15.2 Å². The number of rotatable bonds is 8. The van der Waals surface area contributed by atoms with E-state index in [0.717, 1.165) is 37.1 Å². The number of nitrogens with one attached hydrogen (secondary N) is 2. The highest BCUT2D eigenvalue weighted by molar-refractivity contribution is 7.92. The van der Waals surface area contributed by atoms with Gasteiger partial charge < -0.3 is 15.4 Å². The third-order valence-corrected chi connectivity index (χ3v) is 8.06. The van der Waals surface area contributed by atoms with Gasteiger partial charge in [-0.2, -0.15) is 0 Å².